The number of rotatable bonds is 6. The number of urea groups is 2. The number of esters is 1. The molecule has 0 aromatic heterocycles. The molecule has 0 saturated carbocycles. The summed E-state index contributed by atoms with van der Waals surface area (Å²) in [7, 11) is 3.90. The summed E-state index contributed by atoms with van der Waals surface area (Å²) in [6, 6.07) is 3.67. The molecular weight excluding hydrogens is 698 g/mol. The third-order valence-electron chi connectivity index (χ3n) is 8.65. The second kappa shape index (κ2) is 14.5. The van der Waals surface area contributed by atoms with Gasteiger partial charge in [0.1, 0.15) is 24.7 Å². The van der Waals surface area contributed by atoms with E-state index in [1.54, 1.807) is 0 Å². The molecule has 2 aromatic carbocycles. The molecule has 0 unspecified atom stereocenters. The predicted molar refractivity (Wildman–Crippen MR) is 172 cm³/mol. The van der Waals surface area contributed by atoms with Gasteiger partial charge in [-0.25, -0.2) is 37.8 Å². The number of aryl methyl sites for hydroxylation is 2. The summed E-state index contributed by atoms with van der Waals surface area (Å²) in [6.45, 7) is -1.41. The van der Waals surface area contributed by atoms with Crippen LogP contribution in [0.3, 0.4) is 0 Å². The molecule has 2 aliphatic heterocycles. The van der Waals surface area contributed by atoms with Crippen LogP contribution in [0.2, 0.25) is 0 Å². The standard InChI is InChI=1S/C16H16FN3O6.C15H14FN3O6.CH4/c1-18-14(23)19-11-5-8-3-4-16(9(8)6-10(11)17)13(22)20(15(24)26-16)7-12(21)25-2;1-17-13(23)18-10-4-7-2-3-15(8(7)5-9(10)16)12(22)19(6-11(20)21)14(24)25-15;/h5-6H,3-4,7H2,1-2H3,(H2,18,19,23);4-5H,2-3,6H2,1H3,(H,20,21)(H2,17,18,23);1H4/t16-;15-;/m11./s1. The predicted octanol–water partition coefficient (Wildman–Crippen LogP) is 2.29. The number of nitrogens with one attached hydrogen (secondary N) is 4. The summed E-state index contributed by atoms with van der Waals surface area (Å²) in [4.78, 5) is 95.4. The molecule has 2 fully saturated rings. The largest absolute Gasteiger partial charge is 0.480 e. The normalized spacial score (nSPS) is 20.6. The van der Waals surface area contributed by atoms with Crippen LogP contribution in [0, 0.1) is 11.6 Å². The van der Waals surface area contributed by atoms with Crippen LogP contribution in [0.1, 0.15) is 42.5 Å². The van der Waals surface area contributed by atoms with E-state index < -0.39 is 83.9 Å². The lowest BCUT2D eigenvalue weighted by Crippen LogP contribution is -2.40. The van der Waals surface area contributed by atoms with Crippen molar-refractivity contribution in [2.24, 2.45) is 0 Å². The number of amides is 8. The van der Waals surface area contributed by atoms with Crippen LogP contribution in [0.25, 0.3) is 0 Å². The number of benzene rings is 2. The summed E-state index contributed by atoms with van der Waals surface area (Å²) in [5.74, 6) is -5.28. The van der Waals surface area contributed by atoms with E-state index in [0.29, 0.717) is 33.8 Å². The summed E-state index contributed by atoms with van der Waals surface area (Å²) in [5, 5.41) is 18.1. The lowest BCUT2D eigenvalue weighted by Gasteiger charge is -2.20. The number of imide groups is 2. The molecule has 2 saturated heterocycles. The van der Waals surface area contributed by atoms with Gasteiger partial charge in [0.05, 0.1) is 18.5 Å². The zero-order valence-electron chi connectivity index (χ0n) is 27.1. The number of fused-ring (bicyclic) bond motifs is 4. The van der Waals surface area contributed by atoms with E-state index >= 15 is 0 Å². The van der Waals surface area contributed by atoms with E-state index in [4.69, 9.17) is 14.6 Å². The van der Waals surface area contributed by atoms with Gasteiger partial charge in [-0.2, -0.15) is 0 Å². The maximum atomic E-state index is 14.4. The molecule has 18 nitrogen and oxygen atoms in total. The Hall–Kier alpha value is -6.34. The molecule has 52 heavy (non-hydrogen) atoms. The van der Waals surface area contributed by atoms with Gasteiger partial charge >= 0.3 is 36.2 Å². The number of carboxylic acid groups (broad SMARTS) is 1. The Morgan fingerprint density at radius 1 is 0.769 bits per heavy atom. The van der Waals surface area contributed by atoms with Crippen molar-refractivity contribution < 1.29 is 66.5 Å². The van der Waals surface area contributed by atoms with Crippen molar-refractivity contribution in [2.45, 2.75) is 44.3 Å². The first-order valence-electron chi connectivity index (χ1n) is 15.1. The first-order chi connectivity index (χ1) is 24.1. The zero-order chi connectivity index (χ0) is 37.4. The van der Waals surface area contributed by atoms with Gasteiger partial charge in [0.15, 0.2) is 0 Å². The van der Waals surface area contributed by atoms with Gasteiger partial charge in [0.25, 0.3) is 11.8 Å². The van der Waals surface area contributed by atoms with Crippen LogP contribution >= 0.6 is 0 Å². The summed E-state index contributed by atoms with van der Waals surface area (Å²) in [6.07, 6.45) is -1.23. The molecule has 0 radical (unpaired) electrons. The van der Waals surface area contributed by atoms with Gasteiger partial charge in [-0.1, -0.05) is 7.43 Å². The molecule has 278 valence electrons. The molecule has 2 spiro atoms. The van der Waals surface area contributed by atoms with Gasteiger partial charge < -0.3 is 40.6 Å². The molecule has 6 rings (SSSR count). The third-order valence-corrected chi connectivity index (χ3v) is 8.65. The minimum atomic E-state index is -1.71. The second-order valence-corrected chi connectivity index (χ2v) is 11.5. The quantitative estimate of drug-likeness (QED) is 0.212. The van der Waals surface area contributed by atoms with Crippen LogP contribution in [-0.4, -0.2) is 97.2 Å². The first-order valence-corrected chi connectivity index (χ1v) is 15.1. The summed E-state index contributed by atoms with van der Waals surface area (Å²) in [5.41, 5.74) is -2.02. The Kier molecular flexibility index (Phi) is 10.7. The number of hydrogen-bond donors (Lipinski definition) is 5. The molecule has 8 amide bonds. The van der Waals surface area contributed by atoms with Crippen LogP contribution in [0.5, 0.6) is 0 Å². The number of carboxylic acids is 1. The summed E-state index contributed by atoms with van der Waals surface area (Å²) >= 11 is 0. The van der Waals surface area contributed by atoms with E-state index in [9.17, 15) is 47.1 Å². The average molecular weight is 733 g/mol. The van der Waals surface area contributed by atoms with Crippen LogP contribution < -0.4 is 21.3 Å². The van der Waals surface area contributed by atoms with Crippen LogP contribution in [0.15, 0.2) is 24.3 Å². The SMILES string of the molecule is C.CNC(=O)Nc1cc2c(cc1F)[C@@]1(CC2)OC(=O)N(CC(=O)O)C1=O.CNC(=O)Nc1cc2c(cc1F)[C@@]1(CC2)OC(=O)N(CC(=O)OC)C1=O. The highest BCUT2D eigenvalue weighted by Gasteiger charge is 2.60. The molecule has 20 heteroatoms. The number of carbonyl (C=O) groups is 8. The van der Waals surface area contributed by atoms with E-state index in [2.05, 4.69) is 26.0 Å². The Bertz CT molecular complexity index is 1910. The van der Waals surface area contributed by atoms with E-state index in [1.807, 2.05) is 0 Å². The number of anilines is 2. The highest BCUT2D eigenvalue weighted by atomic mass is 19.1. The van der Waals surface area contributed by atoms with Crippen molar-refractivity contribution in [3.8, 4) is 0 Å². The van der Waals surface area contributed by atoms with Gasteiger partial charge in [-0.05, 0) is 48.2 Å². The smallest absolute Gasteiger partial charge is 0.418 e. The fraction of sp³-hybridized carbons (Fsp3) is 0.375. The molecule has 2 heterocycles. The minimum Gasteiger partial charge on any atom is -0.480 e. The summed E-state index contributed by atoms with van der Waals surface area (Å²) < 4.78 is 43.6. The Labute approximate surface area is 293 Å². The lowest BCUT2D eigenvalue weighted by atomic mass is 9.94. The molecule has 4 aliphatic rings. The molecule has 2 aliphatic carbocycles. The van der Waals surface area contributed by atoms with Crippen molar-refractivity contribution >= 4 is 59.4 Å². The van der Waals surface area contributed by atoms with Crippen molar-refractivity contribution in [1.29, 1.82) is 0 Å². The number of halogens is 2. The zero-order valence-corrected chi connectivity index (χ0v) is 27.1. The van der Waals surface area contributed by atoms with Crippen molar-refractivity contribution in [3.63, 3.8) is 0 Å². The number of aliphatic carboxylic acids is 1. The molecular formula is C32H34F2N6O12. The molecule has 2 aromatic rings. The Morgan fingerprint density at radius 3 is 1.54 bits per heavy atom. The molecule has 2 atom stereocenters. The second-order valence-electron chi connectivity index (χ2n) is 11.5. The van der Waals surface area contributed by atoms with Gasteiger partial charge in [-0.3, -0.25) is 19.2 Å². The third kappa shape index (κ3) is 6.61. The van der Waals surface area contributed by atoms with Crippen LogP contribution in [-0.2, 0) is 57.4 Å². The fourth-order valence-electron chi connectivity index (χ4n) is 6.21. The van der Waals surface area contributed by atoms with Crippen molar-refractivity contribution in [2.75, 3.05) is 44.9 Å². The van der Waals surface area contributed by atoms with E-state index in [1.165, 1.54) is 26.2 Å². The minimum absolute atomic E-state index is 0. The van der Waals surface area contributed by atoms with E-state index in [0.717, 1.165) is 19.2 Å². The Balaban J connectivity index is 0.000000228. The number of hydrogen-bond acceptors (Lipinski definition) is 11. The molecule has 5 N–H and O–H groups in total. The first kappa shape index (κ1) is 38.5. The molecule has 0 bridgehead atoms. The fourth-order valence-corrected chi connectivity index (χ4v) is 6.21. The maximum Gasteiger partial charge on any atom is 0.418 e. The van der Waals surface area contributed by atoms with Gasteiger partial charge in [0, 0.05) is 38.1 Å². The maximum absolute atomic E-state index is 14.4. The van der Waals surface area contributed by atoms with Crippen molar-refractivity contribution in [1.82, 2.24) is 20.4 Å². The highest BCUT2D eigenvalue weighted by Crippen LogP contribution is 2.48. The van der Waals surface area contributed by atoms with E-state index in [-0.39, 0.29) is 42.8 Å². The average Bonchev–Trinajstić information content (AvgIpc) is 3.76. The van der Waals surface area contributed by atoms with Gasteiger partial charge in [0.2, 0.25) is 11.2 Å². The van der Waals surface area contributed by atoms with Crippen LogP contribution in [0.4, 0.5) is 39.3 Å². The van der Waals surface area contributed by atoms with Crippen molar-refractivity contribution in [3.05, 3.63) is 58.2 Å². The number of methoxy groups -OCH3 is 1. The topological polar surface area (TPSA) is 239 Å². The highest BCUT2D eigenvalue weighted by molar-refractivity contribution is 6.07. The number of carbonyl (C=O) groups excluding carboxylic acids is 7. The number of nitrogens with zero attached hydrogens (tertiary/aromatic N) is 2. The number of ether oxygens (including phenoxy) is 3. The lowest BCUT2D eigenvalue weighted by molar-refractivity contribution is -0.146. The monoisotopic (exact) mass is 732 g/mol. The Morgan fingerprint density at radius 2 is 1.17 bits per heavy atom. The van der Waals surface area contributed by atoms with Gasteiger partial charge in [-0.15, -0.1) is 0 Å².